The Balaban J connectivity index is 1.86. The van der Waals surface area contributed by atoms with Gasteiger partial charge in [-0.05, 0) is 44.9 Å². The summed E-state index contributed by atoms with van der Waals surface area (Å²) in [5.74, 6) is 0.390. The molecule has 1 N–H and O–H groups in total. The molecule has 0 aromatic heterocycles. The van der Waals surface area contributed by atoms with E-state index in [2.05, 4.69) is 12.2 Å². The number of nitrogens with one attached hydrogen (secondary N) is 1. The standard InChI is InChI=1S/C19H27NO4/c1-4-5-10-23-11-6-9-20-18(22)14-7-8-17-15(12-14)16(21)13-19(2,3)24-17/h7-8,12H,4-6,9-11,13H2,1-3H3,(H,20,22). The zero-order chi connectivity index (χ0) is 17.6. The maximum Gasteiger partial charge on any atom is 0.251 e. The van der Waals surface area contributed by atoms with Crippen molar-refractivity contribution in [1.82, 2.24) is 5.32 Å². The van der Waals surface area contributed by atoms with Gasteiger partial charge in [0.15, 0.2) is 5.78 Å². The Bertz CT molecular complexity index is 595. The van der Waals surface area contributed by atoms with Crippen molar-refractivity contribution in [1.29, 1.82) is 0 Å². The van der Waals surface area contributed by atoms with Gasteiger partial charge in [-0.2, -0.15) is 0 Å². The van der Waals surface area contributed by atoms with Crippen LogP contribution in [0.1, 0.15) is 67.2 Å². The molecule has 0 bridgehead atoms. The minimum absolute atomic E-state index is 0.0141. The zero-order valence-corrected chi connectivity index (χ0v) is 14.8. The number of amides is 1. The van der Waals surface area contributed by atoms with E-state index in [-0.39, 0.29) is 11.7 Å². The minimum atomic E-state index is -0.494. The molecule has 5 heteroatoms. The van der Waals surface area contributed by atoms with Crippen molar-refractivity contribution in [3.8, 4) is 5.75 Å². The topological polar surface area (TPSA) is 64.6 Å². The number of ketones is 1. The molecule has 0 fully saturated rings. The lowest BCUT2D eigenvalue weighted by molar-refractivity contribution is 0.0620. The summed E-state index contributed by atoms with van der Waals surface area (Å²) in [6.07, 6.45) is 3.28. The Kier molecular flexibility index (Phi) is 6.37. The van der Waals surface area contributed by atoms with Crippen LogP contribution in [0, 0.1) is 0 Å². The molecule has 0 saturated heterocycles. The van der Waals surface area contributed by atoms with E-state index >= 15 is 0 Å². The van der Waals surface area contributed by atoms with E-state index in [1.54, 1.807) is 18.2 Å². The van der Waals surface area contributed by atoms with Crippen LogP contribution in [0.15, 0.2) is 18.2 Å². The summed E-state index contributed by atoms with van der Waals surface area (Å²) in [6, 6.07) is 5.03. The first-order valence-corrected chi connectivity index (χ1v) is 8.65. The van der Waals surface area contributed by atoms with Gasteiger partial charge < -0.3 is 14.8 Å². The largest absolute Gasteiger partial charge is 0.487 e. The molecule has 1 amide bonds. The van der Waals surface area contributed by atoms with Crippen molar-refractivity contribution in [2.45, 2.75) is 52.1 Å². The van der Waals surface area contributed by atoms with Gasteiger partial charge in [-0.1, -0.05) is 13.3 Å². The molecule has 5 nitrogen and oxygen atoms in total. The van der Waals surface area contributed by atoms with Crippen molar-refractivity contribution in [3.63, 3.8) is 0 Å². The highest BCUT2D eigenvalue weighted by molar-refractivity contribution is 6.03. The van der Waals surface area contributed by atoms with Crippen molar-refractivity contribution in [3.05, 3.63) is 29.3 Å². The van der Waals surface area contributed by atoms with Crippen LogP contribution in [0.3, 0.4) is 0 Å². The molecule has 0 radical (unpaired) electrons. The number of Topliss-reactive ketones (excluding diaryl/α,β-unsaturated/α-hetero) is 1. The predicted octanol–water partition coefficient (Wildman–Crippen LogP) is 3.37. The van der Waals surface area contributed by atoms with Gasteiger partial charge in [-0.25, -0.2) is 0 Å². The number of hydrogen-bond donors (Lipinski definition) is 1. The smallest absolute Gasteiger partial charge is 0.251 e. The second-order valence-corrected chi connectivity index (χ2v) is 6.75. The first-order valence-electron chi connectivity index (χ1n) is 8.65. The van der Waals surface area contributed by atoms with Crippen molar-refractivity contribution < 1.29 is 19.1 Å². The minimum Gasteiger partial charge on any atom is -0.487 e. The van der Waals surface area contributed by atoms with Crippen LogP contribution in [0.2, 0.25) is 0 Å². The van der Waals surface area contributed by atoms with Gasteiger partial charge in [0, 0.05) is 25.3 Å². The van der Waals surface area contributed by atoms with Gasteiger partial charge >= 0.3 is 0 Å². The lowest BCUT2D eigenvalue weighted by atomic mass is 9.92. The molecule has 0 saturated carbocycles. The Labute approximate surface area is 143 Å². The Morgan fingerprint density at radius 1 is 1.29 bits per heavy atom. The number of ether oxygens (including phenoxy) is 2. The van der Waals surface area contributed by atoms with Crippen LogP contribution in [-0.4, -0.2) is 37.0 Å². The van der Waals surface area contributed by atoms with E-state index in [4.69, 9.17) is 9.47 Å². The van der Waals surface area contributed by atoms with Crippen molar-refractivity contribution in [2.75, 3.05) is 19.8 Å². The number of carbonyl (C=O) groups is 2. The number of hydrogen-bond acceptors (Lipinski definition) is 4. The molecule has 1 heterocycles. The van der Waals surface area contributed by atoms with Crippen LogP contribution in [0.25, 0.3) is 0 Å². The highest BCUT2D eigenvalue weighted by Crippen LogP contribution is 2.33. The highest BCUT2D eigenvalue weighted by atomic mass is 16.5. The molecular formula is C19H27NO4. The third kappa shape index (κ3) is 5.06. The van der Waals surface area contributed by atoms with E-state index in [0.29, 0.717) is 36.4 Å². The summed E-state index contributed by atoms with van der Waals surface area (Å²) in [6.45, 7) is 7.87. The molecule has 1 aliphatic rings. The van der Waals surface area contributed by atoms with E-state index in [0.717, 1.165) is 25.9 Å². The summed E-state index contributed by atoms with van der Waals surface area (Å²) in [5, 5.41) is 2.86. The molecule has 1 aromatic carbocycles. The summed E-state index contributed by atoms with van der Waals surface area (Å²) < 4.78 is 11.3. The first-order chi connectivity index (χ1) is 11.4. The molecule has 0 unspecified atom stereocenters. The average Bonchev–Trinajstić information content (AvgIpc) is 2.52. The Morgan fingerprint density at radius 3 is 2.79 bits per heavy atom. The van der Waals surface area contributed by atoms with Crippen LogP contribution in [-0.2, 0) is 4.74 Å². The Hall–Kier alpha value is -1.88. The monoisotopic (exact) mass is 333 g/mol. The van der Waals surface area contributed by atoms with E-state index < -0.39 is 5.60 Å². The summed E-state index contributed by atoms with van der Waals surface area (Å²) in [5.41, 5.74) is 0.480. The number of fused-ring (bicyclic) bond motifs is 1. The quantitative estimate of drug-likeness (QED) is 0.741. The number of carbonyl (C=O) groups excluding carboxylic acids is 2. The Morgan fingerprint density at radius 2 is 2.04 bits per heavy atom. The number of benzene rings is 1. The molecule has 0 spiro atoms. The number of rotatable bonds is 8. The van der Waals surface area contributed by atoms with Gasteiger partial charge in [0.1, 0.15) is 11.4 Å². The fraction of sp³-hybridized carbons (Fsp3) is 0.579. The zero-order valence-electron chi connectivity index (χ0n) is 14.8. The fourth-order valence-electron chi connectivity index (χ4n) is 2.62. The van der Waals surface area contributed by atoms with Crippen LogP contribution >= 0.6 is 0 Å². The molecule has 0 aliphatic carbocycles. The lowest BCUT2D eigenvalue weighted by Crippen LogP contribution is -2.36. The summed E-state index contributed by atoms with van der Waals surface area (Å²) in [7, 11) is 0. The van der Waals surface area contributed by atoms with E-state index in [1.165, 1.54) is 0 Å². The van der Waals surface area contributed by atoms with Gasteiger partial charge in [0.25, 0.3) is 5.91 Å². The molecule has 0 atom stereocenters. The SMILES string of the molecule is CCCCOCCCNC(=O)c1ccc2c(c1)C(=O)CC(C)(C)O2. The molecule has 24 heavy (non-hydrogen) atoms. The molecule has 2 rings (SSSR count). The van der Waals surface area contributed by atoms with E-state index in [9.17, 15) is 9.59 Å². The van der Waals surface area contributed by atoms with Gasteiger partial charge in [-0.3, -0.25) is 9.59 Å². The fourth-order valence-corrected chi connectivity index (χ4v) is 2.62. The van der Waals surface area contributed by atoms with Crippen LogP contribution < -0.4 is 10.1 Å². The van der Waals surface area contributed by atoms with Gasteiger partial charge in [0.2, 0.25) is 0 Å². The summed E-state index contributed by atoms with van der Waals surface area (Å²) >= 11 is 0. The van der Waals surface area contributed by atoms with Crippen LogP contribution in [0.4, 0.5) is 0 Å². The second-order valence-electron chi connectivity index (χ2n) is 6.75. The van der Waals surface area contributed by atoms with Crippen molar-refractivity contribution in [2.24, 2.45) is 0 Å². The second kappa shape index (κ2) is 8.29. The third-order valence-electron chi connectivity index (χ3n) is 3.91. The van der Waals surface area contributed by atoms with Gasteiger partial charge in [0.05, 0.1) is 12.0 Å². The molecule has 1 aliphatic heterocycles. The first kappa shape index (κ1) is 18.5. The molecule has 1 aromatic rings. The normalized spacial score (nSPS) is 15.5. The highest BCUT2D eigenvalue weighted by Gasteiger charge is 2.32. The third-order valence-corrected chi connectivity index (χ3v) is 3.91. The number of unbranched alkanes of at least 4 members (excludes halogenated alkanes) is 1. The molecular weight excluding hydrogens is 306 g/mol. The van der Waals surface area contributed by atoms with Crippen molar-refractivity contribution >= 4 is 11.7 Å². The molecule has 132 valence electrons. The van der Waals surface area contributed by atoms with Crippen LogP contribution in [0.5, 0.6) is 5.75 Å². The maximum atomic E-state index is 12.2. The van der Waals surface area contributed by atoms with Gasteiger partial charge in [-0.15, -0.1) is 0 Å². The predicted molar refractivity (Wildman–Crippen MR) is 92.8 cm³/mol. The lowest BCUT2D eigenvalue weighted by Gasteiger charge is -2.31. The maximum absolute atomic E-state index is 12.2. The summed E-state index contributed by atoms with van der Waals surface area (Å²) in [4.78, 5) is 24.4. The average molecular weight is 333 g/mol. The van der Waals surface area contributed by atoms with E-state index in [1.807, 2.05) is 13.8 Å².